The van der Waals surface area contributed by atoms with E-state index in [1.54, 1.807) is 6.07 Å². The molecule has 0 saturated heterocycles. The van der Waals surface area contributed by atoms with Crippen molar-refractivity contribution in [1.29, 1.82) is 0 Å². The standard InChI is InChI=1S/C7H10Cl2N2OSi/c1-13(2,3)12-6-4-5(8)7(9)11-10-6/h4H,1-3H3. The molecule has 0 amide bonds. The molecule has 1 heterocycles. The highest BCUT2D eigenvalue weighted by molar-refractivity contribution is 6.70. The topological polar surface area (TPSA) is 35.0 Å². The van der Waals surface area contributed by atoms with Crippen LogP contribution in [0.3, 0.4) is 0 Å². The predicted molar refractivity (Wildman–Crippen MR) is 56.0 cm³/mol. The summed E-state index contributed by atoms with van der Waals surface area (Å²) in [5.74, 6) is 0.438. The highest BCUT2D eigenvalue weighted by Crippen LogP contribution is 2.22. The van der Waals surface area contributed by atoms with E-state index in [9.17, 15) is 0 Å². The van der Waals surface area contributed by atoms with Crippen LogP contribution in [0.25, 0.3) is 0 Å². The molecule has 0 bridgehead atoms. The fourth-order valence-corrected chi connectivity index (χ4v) is 1.65. The molecule has 0 saturated carbocycles. The molecular formula is C7H10Cl2N2OSi. The van der Waals surface area contributed by atoms with Crippen molar-refractivity contribution < 1.29 is 4.43 Å². The molecule has 1 aromatic rings. The lowest BCUT2D eigenvalue weighted by molar-refractivity contribution is 0.524. The molecule has 0 aromatic carbocycles. The average Bonchev–Trinajstić information content (AvgIpc) is 1.94. The van der Waals surface area contributed by atoms with Crippen LogP contribution in [0.2, 0.25) is 29.8 Å². The molecular weight excluding hydrogens is 227 g/mol. The Morgan fingerprint density at radius 1 is 1.23 bits per heavy atom. The second kappa shape index (κ2) is 3.82. The van der Waals surface area contributed by atoms with E-state index in [1.165, 1.54) is 0 Å². The predicted octanol–water partition coefficient (Wildman–Crippen LogP) is 3.00. The number of halogens is 2. The molecule has 1 aromatic heterocycles. The van der Waals surface area contributed by atoms with Gasteiger partial charge in [-0.1, -0.05) is 23.2 Å². The van der Waals surface area contributed by atoms with Crippen molar-refractivity contribution in [3.8, 4) is 5.88 Å². The SMILES string of the molecule is C[Si](C)(C)Oc1cc(Cl)c(Cl)nn1. The van der Waals surface area contributed by atoms with Crippen LogP contribution in [0, 0.1) is 0 Å². The third kappa shape index (κ3) is 3.50. The Balaban J connectivity index is 2.86. The zero-order chi connectivity index (χ0) is 10.1. The molecule has 0 aliphatic rings. The lowest BCUT2D eigenvalue weighted by atomic mass is 10.6. The van der Waals surface area contributed by atoms with Crippen molar-refractivity contribution in [2.45, 2.75) is 19.6 Å². The van der Waals surface area contributed by atoms with Gasteiger partial charge < -0.3 is 4.43 Å². The molecule has 3 nitrogen and oxygen atoms in total. The van der Waals surface area contributed by atoms with Crippen LogP contribution in [0.5, 0.6) is 5.88 Å². The second-order valence-corrected chi connectivity index (χ2v) is 8.73. The summed E-state index contributed by atoms with van der Waals surface area (Å²) in [4.78, 5) is 0. The lowest BCUT2D eigenvalue weighted by Crippen LogP contribution is -2.29. The van der Waals surface area contributed by atoms with E-state index in [-0.39, 0.29) is 5.15 Å². The maximum Gasteiger partial charge on any atom is 0.244 e. The minimum atomic E-state index is -1.64. The van der Waals surface area contributed by atoms with Crippen LogP contribution in [0.1, 0.15) is 0 Å². The summed E-state index contributed by atoms with van der Waals surface area (Å²) in [6.45, 7) is 6.16. The molecule has 13 heavy (non-hydrogen) atoms. The van der Waals surface area contributed by atoms with Crippen molar-refractivity contribution in [3.05, 3.63) is 16.2 Å². The summed E-state index contributed by atoms with van der Waals surface area (Å²) in [5, 5.41) is 7.98. The molecule has 0 radical (unpaired) electrons. The summed E-state index contributed by atoms with van der Waals surface area (Å²) < 4.78 is 5.56. The van der Waals surface area contributed by atoms with Crippen LogP contribution in [-0.4, -0.2) is 18.5 Å². The quantitative estimate of drug-likeness (QED) is 0.741. The van der Waals surface area contributed by atoms with Gasteiger partial charge in [0.2, 0.25) is 14.2 Å². The Hall–Kier alpha value is -0.323. The van der Waals surface area contributed by atoms with Crippen LogP contribution in [0.4, 0.5) is 0 Å². The number of hydrogen-bond acceptors (Lipinski definition) is 3. The van der Waals surface area contributed by atoms with Gasteiger partial charge in [-0.05, 0) is 19.6 Å². The molecule has 0 fully saturated rings. The molecule has 1 rings (SSSR count). The number of hydrogen-bond donors (Lipinski definition) is 0. The van der Waals surface area contributed by atoms with Crippen molar-refractivity contribution >= 4 is 31.5 Å². The summed E-state index contributed by atoms with van der Waals surface area (Å²) in [6.07, 6.45) is 0. The Labute approximate surface area is 88.2 Å². The minimum absolute atomic E-state index is 0.199. The summed E-state index contributed by atoms with van der Waals surface area (Å²) >= 11 is 11.3. The summed E-state index contributed by atoms with van der Waals surface area (Å²) in [7, 11) is -1.64. The monoisotopic (exact) mass is 236 g/mol. The van der Waals surface area contributed by atoms with Crippen molar-refractivity contribution in [2.24, 2.45) is 0 Å². The smallest absolute Gasteiger partial charge is 0.244 e. The van der Waals surface area contributed by atoms with Crippen molar-refractivity contribution in [2.75, 3.05) is 0 Å². The number of rotatable bonds is 2. The Kier molecular flexibility index (Phi) is 3.16. The normalized spacial score (nSPS) is 11.5. The van der Waals surface area contributed by atoms with Gasteiger partial charge in [-0.3, -0.25) is 0 Å². The molecule has 0 atom stereocenters. The van der Waals surface area contributed by atoms with E-state index in [2.05, 4.69) is 29.8 Å². The van der Waals surface area contributed by atoms with E-state index in [4.69, 9.17) is 27.6 Å². The average molecular weight is 237 g/mol. The van der Waals surface area contributed by atoms with E-state index in [0.29, 0.717) is 10.9 Å². The largest absolute Gasteiger partial charge is 0.530 e. The minimum Gasteiger partial charge on any atom is -0.530 e. The van der Waals surface area contributed by atoms with Gasteiger partial charge in [-0.2, -0.15) is 0 Å². The molecule has 6 heteroatoms. The van der Waals surface area contributed by atoms with Crippen molar-refractivity contribution in [3.63, 3.8) is 0 Å². The zero-order valence-electron chi connectivity index (χ0n) is 7.64. The maximum absolute atomic E-state index is 5.74. The highest BCUT2D eigenvalue weighted by atomic mass is 35.5. The fourth-order valence-electron chi connectivity index (χ4n) is 0.701. The molecule has 72 valence electrons. The summed E-state index contributed by atoms with van der Waals surface area (Å²) in [6, 6.07) is 1.58. The third-order valence-corrected chi connectivity index (χ3v) is 2.58. The molecule has 0 unspecified atom stereocenters. The number of aromatic nitrogens is 2. The van der Waals surface area contributed by atoms with Gasteiger partial charge in [-0.15, -0.1) is 10.2 Å². The molecule has 0 N–H and O–H groups in total. The van der Waals surface area contributed by atoms with E-state index in [1.807, 2.05) is 0 Å². The van der Waals surface area contributed by atoms with E-state index < -0.39 is 8.32 Å². The molecule has 0 aliphatic carbocycles. The lowest BCUT2D eigenvalue weighted by Gasteiger charge is -2.17. The fraction of sp³-hybridized carbons (Fsp3) is 0.429. The first-order valence-electron chi connectivity index (χ1n) is 3.76. The van der Waals surface area contributed by atoms with Gasteiger partial charge >= 0.3 is 0 Å². The van der Waals surface area contributed by atoms with E-state index >= 15 is 0 Å². The van der Waals surface area contributed by atoms with Crippen LogP contribution < -0.4 is 4.43 Å². The van der Waals surface area contributed by atoms with Gasteiger partial charge in [-0.25, -0.2) is 0 Å². The molecule has 0 spiro atoms. The van der Waals surface area contributed by atoms with Gasteiger partial charge in [0.05, 0.1) is 5.02 Å². The highest BCUT2D eigenvalue weighted by Gasteiger charge is 2.17. The van der Waals surface area contributed by atoms with Crippen LogP contribution in [-0.2, 0) is 0 Å². The Bertz CT molecular complexity index is 314. The Morgan fingerprint density at radius 2 is 1.85 bits per heavy atom. The first kappa shape index (κ1) is 10.8. The van der Waals surface area contributed by atoms with Crippen LogP contribution in [0.15, 0.2) is 6.07 Å². The Morgan fingerprint density at radius 3 is 2.31 bits per heavy atom. The van der Waals surface area contributed by atoms with Gasteiger partial charge in [0.1, 0.15) is 0 Å². The maximum atomic E-state index is 5.74. The first-order valence-corrected chi connectivity index (χ1v) is 7.92. The summed E-state index contributed by atoms with van der Waals surface area (Å²) in [5.41, 5.74) is 0. The van der Waals surface area contributed by atoms with Gasteiger partial charge in [0.15, 0.2) is 5.15 Å². The third-order valence-electron chi connectivity index (χ3n) is 1.09. The molecule has 0 aliphatic heterocycles. The van der Waals surface area contributed by atoms with Crippen molar-refractivity contribution in [1.82, 2.24) is 10.2 Å². The van der Waals surface area contributed by atoms with Gasteiger partial charge in [0, 0.05) is 6.07 Å². The van der Waals surface area contributed by atoms with Crippen LogP contribution >= 0.6 is 23.2 Å². The zero-order valence-corrected chi connectivity index (χ0v) is 10.1. The van der Waals surface area contributed by atoms with E-state index in [0.717, 1.165) is 0 Å². The second-order valence-electron chi connectivity index (χ2n) is 3.54. The number of nitrogens with zero attached hydrogens (tertiary/aromatic N) is 2. The first-order chi connectivity index (χ1) is 5.88. The van der Waals surface area contributed by atoms with Gasteiger partial charge in [0.25, 0.3) is 0 Å².